The molecule has 5 unspecified atom stereocenters. The number of pyridine rings is 1. The molecule has 2 saturated heterocycles. The van der Waals surface area contributed by atoms with E-state index in [-0.39, 0.29) is 24.0 Å². The molecule has 2 fully saturated rings. The van der Waals surface area contributed by atoms with E-state index in [1.807, 2.05) is 6.07 Å². The number of fused-ring (bicyclic) bond motifs is 1. The number of thioether (sulfide) groups is 1. The maximum Gasteiger partial charge on any atom is 0.200 e. The van der Waals surface area contributed by atoms with Crippen molar-refractivity contribution < 1.29 is 27.5 Å². The van der Waals surface area contributed by atoms with Gasteiger partial charge in [0, 0.05) is 33.5 Å². The number of ether oxygens (including phenoxy) is 2. The highest BCUT2D eigenvalue weighted by Gasteiger charge is 2.50. The summed E-state index contributed by atoms with van der Waals surface area (Å²) >= 11 is 4.81. The number of nitrogens with two attached hydrogens (primary N) is 1. The van der Waals surface area contributed by atoms with Crippen LogP contribution in [0, 0.1) is 17.5 Å². The van der Waals surface area contributed by atoms with Crippen LogP contribution >= 0.6 is 27.7 Å². The topological polar surface area (TPSA) is 145 Å². The van der Waals surface area contributed by atoms with E-state index in [0.29, 0.717) is 12.4 Å². The zero-order valence-electron chi connectivity index (χ0n) is 18.8. The van der Waals surface area contributed by atoms with Crippen molar-refractivity contribution in [3.05, 3.63) is 70.1 Å². The zero-order chi connectivity index (χ0) is 25.9. The average Bonchev–Trinajstić information content (AvgIpc) is 3.56. The lowest BCUT2D eigenvalue weighted by Crippen LogP contribution is -2.61. The summed E-state index contributed by atoms with van der Waals surface area (Å²) in [5, 5.41) is 16.9. The fourth-order valence-corrected chi connectivity index (χ4v) is 5.60. The molecule has 16 heteroatoms. The number of halogens is 4. The Morgan fingerprint density at radius 3 is 2.81 bits per heavy atom. The Bertz CT molecular complexity index is 1250. The van der Waals surface area contributed by atoms with Crippen LogP contribution in [0.25, 0.3) is 5.70 Å². The van der Waals surface area contributed by atoms with Crippen LogP contribution in [0.4, 0.5) is 13.2 Å². The molecule has 0 spiro atoms. The number of aromatic nitrogens is 5. The van der Waals surface area contributed by atoms with Crippen LogP contribution in [0.1, 0.15) is 11.4 Å². The number of hydrogen-bond acceptors (Lipinski definition) is 11. The number of benzene rings is 1. The van der Waals surface area contributed by atoms with E-state index in [4.69, 9.17) is 20.0 Å². The minimum Gasteiger partial charge on any atom is -0.397 e. The van der Waals surface area contributed by atoms with E-state index in [1.54, 1.807) is 12.4 Å². The Labute approximate surface area is 220 Å². The van der Waals surface area contributed by atoms with Crippen molar-refractivity contribution in [1.29, 1.82) is 0 Å². The summed E-state index contributed by atoms with van der Waals surface area (Å²) in [5.74, 6) is -3.94. The molecular weight excluding hydrogens is 581 g/mol. The predicted molar refractivity (Wildman–Crippen MR) is 127 cm³/mol. The van der Waals surface area contributed by atoms with Crippen LogP contribution in [-0.2, 0) is 20.9 Å². The van der Waals surface area contributed by atoms with Crippen molar-refractivity contribution in [2.24, 2.45) is 5.73 Å². The van der Waals surface area contributed by atoms with Gasteiger partial charge in [0.15, 0.2) is 23.3 Å². The molecule has 1 aromatic carbocycles. The molecule has 4 heterocycles. The minimum absolute atomic E-state index is 0.00883. The monoisotopic (exact) mass is 600 g/mol. The Morgan fingerprint density at radius 2 is 2.08 bits per heavy atom. The lowest BCUT2D eigenvalue weighted by Gasteiger charge is -2.42. The Balaban J connectivity index is 1.43. The number of aromatic amines is 1. The van der Waals surface area contributed by atoms with Gasteiger partial charge in [-0.1, -0.05) is 17.0 Å². The van der Waals surface area contributed by atoms with Crippen LogP contribution in [-0.4, -0.2) is 61.9 Å². The van der Waals surface area contributed by atoms with Crippen molar-refractivity contribution in [3.8, 4) is 0 Å². The molecule has 0 bridgehead atoms. The van der Waals surface area contributed by atoms with Crippen molar-refractivity contribution in [3.63, 3.8) is 0 Å². The Morgan fingerprint density at radius 1 is 1.27 bits per heavy atom. The second kappa shape index (κ2) is 11.3. The summed E-state index contributed by atoms with van der Waals surface area (Å²) in [6, 6.07) is 2.97. The lowest BCUT2D eigenvalue weighted by molar-refractivity contribution is -0.162. The summed E-state index contributed by atoms with van der Waals surface area (Å²) in [6.07, 6.45) is 3.21. The molecule has 0 amide bonds. The van der Waals surface area contributed by atoms with Crippen molar-refractivity contribution >= 4 is 33.4 Å². The molecule has 5 atom stereocenters. The summed E-state index contributed by atoms with van der Waals surface area (Å²) in [5.41, 5.74) is 8.31. The summed E-state index contributed by atoms with van der Waals surface area (Å²) in [6.45, 7) is 0.427. The molecular formula is C21H20BrF3N8O3S. The third-order valence-corrected chi connectivity index (χ3v) is 7.17. The number of tetrazole rings is 1. The van der Waals surface area contributed by atoms with Crippen LogP contribution in [0.5, 0.6) is 0 Å². The van der Waals surface area contributed by atoms with Gasteiger partial charge < -0.3 is 20.5 Å². The SMILES string of the molecule is N/C(=C\NC1C2ONCC2OC(Sc2cncc(Br)c2)C1OCc1nn[nH]n1)c1cc(F)c(F)c(F)c1. The van der Waals surface area contributed by atoms with E-state index in [2.05, 4.69) is 52.3 Å². The lowest BCUT2D eigenvalue weighted by atomic mass is 9.97. The first-order valence-corrected chi connectivity index (χ1v) is 12.6. The van der Waals surface area contributed by atoms with Gasteiger partial charge in [0.05, 0.1) is 18.3 Å². The first-order valence-electron chi connectivity index (χ1n) is 10.9. The van der Waals surface area contributed by atoms with Crippen LogP contribution in [0.15, 0.2) is 46.2 Å². The standard InChI is InChI=1S/C21H20BrF3N8O3S/c22-10-3-11(5-27-4-10)37-21-20(34-8-16-30-32-33-31-16)18(19-15(35-21)7-29-36-19)28-6-14(26)9-1-12(23)17(25)13(24)2-9/h1-6,15,18-21,28-29H,7-8,26H2,(H,30,31,32,33)/b14-6-. The quantitative estimate of drug-likeness (QED) is 0.282. The summed E-state index contributed by atoms with van der Waals surface area (Å²) in [4.78, 5) is 10.7. The van der Waals surface area contributed by atoms with Gasteiger partial charge in [-0.3, -0.25) is 9.82 Å². The van der Waals surface area contributed by atoms with Gasteiger partial charge in [0.2, 0.25) is 0 Å². The third kappa shape index (κ3) is 5.89. The van der Waals surface area contributed by atoms with Gasteiger partial charge in [0.25, 0.3) is 0 Å². The van der Waals surface area contributed by atoms with Gasteiger partial charge >= 0.3 is 0 Å². The number of hydrogen-bond donors (Lipinski definition) is 4. The van der Waals surface area contributed by atoms with Crippen molar-refractivity contribution in [2.75, 3.05) is 6.54 Å². The maximum absolute atomic E-state index is 13.7. The van der Waals surface area contributed by atoms with E-state index in [1.165, 1.54) is 18.0 Å². The normalized spacial score (nSPS) is 25.7. The van der Waals surface area contributed by atoms with E-state index in [0.717, 1.165) is 21.5 Å². The molecule has 5 rings (SSSR count). The van der Waals surface area contributed by atoms with Crippen LogP contribution < -0.4 is 16.5 Å². The first kappa shape index (κ1) is 25.9. The maximum atomic E-state index is 13.7. The van der Waals surface area contributed by atoms with Gasteiger partial charge in [-0.25, -0.2) is 13.2 Å². The molecule has 3 aromatic rings. The number of hydroxylamine groups is 1. The fraction of sp³-hybridized carbons (Fsp3) is 0.333. The highest BCUT2D eigenvalue weighted by molar-refractivity contribution is 9.10. The molecule has 2 aliphatic heterocycles. The largest absolute Gasteiger partial charge is 0.397 e. The third-order valence-electron chi connectivity index (χ3n) is 5.63. The second-order valence-electron chi connectivity index (χ2n) is 8.08. The fourth-order valence-electron chi connectivity index (χ4n) is 3.92. The molecule has 5 N–H and O–H groups in total. The minimum atomic E-state index is -1.57. The smallest absolute Gasteiger partial charge is 0.200 e. The van der Waals surface area contributed by atoms with Gasteiger partial charge in [-0.05, 0) is 34.1 Å². The highest BCUT2D eigenvalue weighted by Crippen LogP contribution is 2.37. The van der Waals surface area contributed by atoms with E-state index < -0.39 is 41.1 Å². The average molecular weight is 601 g/mol. The zero-order valence-corrected chi connectivity index (χ0v) is 21.2. The first-order chi connectivity index (χ1) is 17.9. The van der Waals surface area contributed by atoms with E-state index >= 15 is 0 Å². The number of rotatable bonds is 8. The molecule has 11 nitrogen and oxygen atoms in total. The molecule has 196 valence electrons. The molecule has 2 aliphatic rings. The molecule has 0 saturated carbocycles. The molecule has 37 heavy (non-hydrogen) atoms. The van der Waals surface area contributed by atoms with Crippen molar-refractivity contribution in [2.45, 2.75) is 41.3 Å². The highest BCUT2D eigenvalue weighted by atomic mass is 79.9. The second-order valence-corrected chi connectivity index (χ2v) is 10.2. The van der Waals surface area contributed by atoms with Crippen LogP contribution in [0.2, 0.25) is 0 Å². The van der Waals surface area contributed by atoms with E-state index in [9.17, 15) is 13.2 Å². The molecule has 2 aromatic heterocycles. The number of H-pyrrole nitrogens is 1. The Hall–Kier alpha value is -2.76. The van der Waals surface area contributed by atoms with Crippen LogP contribution in [0.3, 0.4) is 0 Å². The predicted octanol–water partition coefficient (Wildman–Crippen LogP) is 2.00. The summed E-state index contributed by atoms with van der Waals surface area (Å²) < 4.78 is 54.2. The van der Waals surface area contributed by atoms with Gasteiger partial charge in [-0.2, -0.15) is 10.7 Å². The van der Waals surface area contributed by atoms with Gasteiger partial charge in [0.1, 0.15) is 30.4 Å². The number of nitrogens with zero attached hydrogens (tertiary/aromatic N) is 4. The Kier molecular flexibility index (Phi) is 7.92. The molecule has 0 radical (unpaired) electrons. The number of nitrogens with one attached hydrogen (secondary N) is 3. The van der Waals surface area contributed by atoms with Gasteiger partial charge in [-0.15, -0.1) is 10.2 Å². The van der Waals surface area contributed by atoms with Crippen molar-refractivity contribution in [1.82, 2.24) is 36.4 Å². The summed E-state index contributed by atoms with van der Waals surface area (Å²) in [7, 11) is 0. The molecule has 0 aliphatic carbocycles.